The molecule has 8 nitrogen and oxygen atoms in total. The number of hydrogen-bond acceptors (Lipinski definition) is 7. The van der Waals surface area contributed by atoms with Crippen LogP contribution >= 0.6 is 0 Å². The molecule has 0 aromatic heterocycles. The Bertz CT molecular complexity index is 908. The number of aliphatic hydroxyl groups excluding tert-OH is 1. The van der Waals surface area contributed by atoms with Crippen LogP contribution in [-0.4, -0.2) is 55.7 Å². The van der Waals surface area contributed by atoms with Gasteiger partial charge in [0.05, 0.1) is 18.5 Å². The summed E-state index contributed by atoms with van der Waals surface area (Å²) in [5, 5.41) is 7.87. The predicted octanol–water partition coefficient (Wildman–Crippen LogP) is 0.917. The van der Waals surface area contributed by atoms with Crippen LogP contribution in [0.2, 0.25) is 0 Å². The maximum absolute atomic E-state index is 11.7. The first kappa shape index (κ1) is 32.9. The summed E-state index contributed by atoms with van der Waals surface area (Å²) in [6.07, 6.45) is 6.80. The average Bonchev–Trinajstić information content (AvgIpc) is 3.54. The van der Waals surface area contributed by atoms with E-state index in [1.165, 1.54) is 19.3 Å². The van der Waals surface area contributed by atoms with Crippen molar-refractivity contribution in [3.8, 4) is 0 Å². The molecule has 0 amide bonds. The van der Waals surface area contributed by atoms with Gasteiger partial charge in [0.15, 0.2) is 0 Å². The van der Waals surface area contributed by atoms with Crippen molar-refractivity contribution in [3.05, 3.63) is 0 Å². The molecule has 12 atom stereocenters. The first-order chi connectivity index (χ1) is 15.8. The summed E-state index contributed by atoms with van der Waals surface area (Å²) in [6.45, 7) is 9.15. The molecule has 1 saturated heterocycles. The second-order valence-electron chi connectivity index (χ2n) is 12.3. The maximum Gasteiger partial charge on any atom is 1.00 e. The zero-order chi connectivity index (χ0) is 25.0. The zero-order valence-electron chi connectivity index (χ0n) is 23.5. The van der Waals surface area contributed by atoms with Crippen molar-refractivity contribution in [2.45, 2.75) is 83.1 Å². The summed E-state index contributed by atoms with van der Waals surface area (Å²) < 4.78 is 59.5. The Morgan fingerprint density at radius 2 is 1.42 bits per heavy atom. The van der Waals surface area contributed by atoms with E-state index in [1.54, 1.807) is 0 Å². The largest absolute Gasteiger partial charge is 1.00 e. The van der Waals surface area contributed by atoms with Crippen LogP contribution in [0, 0.1) is 59.2 Å². The number of aliphatic hydroxyl groups is 1. The van der Waals surface area contributed by atoms with Gasteiger partial charge in [-0.3, -0.25) is 8.74 Å². The summed E-state index contributed by atoms with van der Waals surface area (Å²) in [7, 11) is -7.32. The van der Waals surface area contributed by atoms with Gasteiger partial charge in [0.1, 0.15) is 5.25 Å². The standard InChI is InChI=1S/C13H22O3S.C12H22O4S.Na.H2O/c1-8-9(2)13-7-10(8)5-11(13)6-12-3-4-16-17(12,14)15;1-7-8(2)12-5-9(7)3-10(12)4-11(6-13)17(14,15)16;;/h8-13H,3-7H2,1-2H3;7-13H,3-6H2,1-2H3,(H,14,15,16);;1H2/q;;+1;. The average molecular weight is 562 g/mol. The van der Waals surface area contributed by atoms with Crippen molar-refractivity contribution in [1.29, 1.82) is 0 Å². The van der Waals surface area contributed by atoms with Crippen LogP contribution in [0.15, 0.2) is 0 Å². The minimum absolute atomic E-state index is 0. The molecule has 0 aromatic carbocycles. The van der Waals surface area contributed by atoms with Gasteiger partial charge in [-0.1, -0.05) is 27.7 Å². The Morgan fingerprint density at radius 1 is 0.917 bits per heavy atom. The minimum atomic E-state index is -4.10. The van der Waals surface area contributed by atoms with Gasteiger partial charge in [0.25, 0.3) is 20.2 Å². The van der Waals surface area contributed by atoms with E-state index in [0.717, 1.165) is 42.4 Å². The molecular formula is C25H46NaO8S2+. The van der Waals surface area contributed by atoms with Crippen molar-refractivity contribution in [2.75, 3.05) is 13.2 Å². The van der Waals surface area contributed by atoms with Crippen LogP contribution in [0.25, 0.3) is 0 Å². The van der Waals surface area contributed by atoms with Gasteiger partial charge in [-0.2, -0.15) is 16.8 Å². The third-order valence-electron chi connectivity index (χ3n) is 10.9. The van der Waals surface area contributed by atoms with Crippen molar-refractivity contribution in [1.82, 2.24) is 0 Å². The summed E-state index contributed by atoms with van der Waals surface area (Å²) in [4.78, 5) is 0. The molecule has 36 heavy (non-hydrogen) atoms. The molecule has 0 aromatic rings. The van der Waals surface area contributed by atoms with Gasteiger partial charge < -0.3 is 10.6 Å². The third-order valence-corrected chi connectivity index (χ3v) is 13.8. The first-order valence-corrected chi connectivity index (χ1v) is 16.3. The van der Waals surface area contributed by atoms with Gasteiger partial charge in [0.2, 0.25) is 0 Å². The normalized spacial score (nSPS) is 44.9. The Balaban J connectivity index is 0.000000342. The molecule has 5 aliphatic rings. The van der Waals surface area contributed by atoms with Crippen LogP contribution < -0.4 is 29.6 Å². The number of rotatable bonds is 6. The third kappa shape index (κ3) is 6.54. The van der Waals surface area contributed by atoms with E-state index in [9.17, 15) is 16.8 Å². The van der Waals surface area contributed by atoms with Gasteiger partial charge >= 0.3 is 31.0 Å². The zero-order valence-corrected chi connectivity index (χ0v) is 26.1. The fourth-order valence-electron chi connectivity index (χ4n) is 8.47. The van der Waals surface area contributed by atoms with Crippen LogP contribution in [0.1, 0.15) is 74.1 Å². The molecular weight excluding hydrogens is 515 g/mol. The van der Waals surface area contributed by atoms with E-state index >= 15 is 0 Å². The molecule has 4 aliphatic carbocycles. The molecule has 0 spiro atoms. The second-order valence-corrected chi connectivity index (χ2v) is 15.8. The fourth-order valence-corrected chi connectivity index (χ4v) is 10.5. The second kappa shape index (κ2) is 12.5. The van der Waals surface area contributed by atoms with Gasteiger partial charge in [-0.25, -0.2) is 0 Å². The monoisotopic (exact) mass is 561 g/mol. The predicted molar refractivity (Wildman–Crippen MR) is 134 cm³/mol. The van der Waals surface area contributed by atoms with Crippen molar-refractivity contribution >= 4 is 20.2 Å². The molecule has 0 radical (unpaired) electrons. The molecule has 3 N–H and O–H groups in total. The topological polar surface area (TPSA) is 148 Å². The minimum Gasteiger partial charge on any atom is -0.870 e. The van der Waals surface area contributed by atoms with Crippen LogP contribution in [0.4, 0.5) is 0 Å². The number of hydrogen-bond donors (Lipinski definition) is 2. The molecule has 4 bridgehead atoms. The Labute approximate surface area is 241 Å². The van der Waals surface area contributed by atoms with Crippen molar-refractivity contribution < 1.29 is 67.1 Å². The van der Waals surface area contributed by atoms with Gasteiger partial charge in [0, 0.05) is 0 Å². The molecule has 12 unspecified atom stereocenters. The van der Waals surface area contributed by atoms with Crippen molar-refractivity contribution in [2.24, 2.45) is 59.2 Å². The van der Waals surface area contributed by atoms with Crippen LogP contribution in [0.5, 0.6) is 0 Å². The summed E-state index contributed by atoms with van der Waals surface area (Å²) >= 11 is 0. The Morgan fingerprint density at radius 3 is 1.81 bits per heavy atom. The Kier molecular flexibility index (Phi) is 11.4. The molecule has 11 heteroatoms. The molecule has 5 rings (SSSR count). The fraction of sp³-hybridized carbons (Fsp3) is 1.00. The SMILES string of the molecule is CC1C2CC(CC(CO)S(=O)(=O)O)C(C2)C1C.CC1C2CC(CC3CCOS3(=O)=O)C(C2)C1C.[H+].[Na+].[OH-]. The molecule has 1 aliphatic heterocycles. The molecule has 4 saturated carbocycles. The molecule has 206 valence electrons. The Hall–Kier alpha value is 0.740. The van der Waals surface area contributed by atoms with E-state index in [1.807, 2.05) is 0 Å². The van der Waals surface area contributed by atoms with E-state index in [4.69, 9.17) is 13.8 Å². The first-order valence-electron chi connectivity index (χ1n) is 13.3. The molecule has 1 heterocycles. The summed E-state index contributed by atoms with van der Waals surface area (Å²) in [6, 6.07) is 0. The smallest absolute Gasteiger partial charge is 0.870 e. The van der Waals surface area contributed by atoms with E-state index < -0.39 is 32.1 Å². The van der Waals surface area contributed by atoms with Gasteiger partial charge in [-0.15, -0.1) is 0 Å². The van der Waals surface area contributed by atoms with Crippen molar-refractivity contribution in [3.63, 3.8) is 0 Å². The van der Waals surface area contributed by atoms with E-state index in [-0.39, 0.29) is 41.7 Å². The van der Waals surface area contributed by atoms with E-state index in [0.29, 0.717) is 49.0 Å². The summed E-state index contributed by atoms with van der Waals surface area (Å²) in [5.41, 5.74) is 0. The number of fused-ring (bicyclic) bond motifs is 4. The van der Waals surface area contributed by atoms with E-state index in [2.05, 4.69) is 27.7 Å². The van der Waals surface area contributed by atoms with Crippen LogP contribution in [0.3, 0.4) is 0 Å². The maximum atomic E-state index is 11.7. The molecule has 5 fully saturated rings. The summed E-state index contributed by atoms with van der Waals surface area (Å²) in [5.74, 6) is 6.88. The van der Waals surface area contributed by atoms with Crippen LogP contribution in [-0.2, 0) is 24.4 Å². The van der Waals surface area contributed by atoms with Gasteiger partial charge in [-0.05, 0) is 104 Å². The quantitative estimate of drug-likeness (QED) is 0.276.